The van der Waals surface area contributed by atoms with Gasteiger partial charge in [0, 0.05) is 12.1 Å². The van der Waals surface area contributed by atoms with Gasteiger partial charge in [-0.1, -0.05) is 0 Å². The largest absolute Gasteiger partial charge is 0.454 e. The van der Waals surface area contributed by atoms with Crippen molar-refractivity contribution in [1.82, 2.24) is 0 Å². The van der Waals surface area contributed by atoms with Crippen molar-refractivity contribution in [2.75, 3.05) is 30.2 Å². The fraction of sp³-hybridized carbons (Fsp3) is 0.200. The van der Waals surface area contributed by atoms with Crippen LogP contribution in [0.2, 0.25) is 0 Å². The second kappa shape index (κ2) is 6.07. The van der Waals surface area contributed by atoms with Crippen molar-refractivity contribution >= 4 is 17.5 Å². The second-order valence-corrected chi connectivity index (χ2v) is 4.70. The van der Waals surface area contributed by atoms with E-state index in [0.29, 0.717) is 29.4 Å². The lowest BCUT2D eigenvalue weighted by Crippen LogP contribution is -2.24. The Balaban J connectivity index is 2.08. The van der Waals surface area contributed by atoms with Gasteiger partial charge >= 0.3 is 6.09 Å². The number of anilines is 2. The van der Waals surface area contributed by atoms with Crippen molar-refractivity contribution in [3.63, 3.8) is 0 Å². The molecule has 3 rings (SSSR count). The Kier molecular flexibility index (Phi) is 3.80. The Morgan fingerprint density at radius 3 is 2.38 bits per heavy atom. The van der Waals surface area contributed by atoms with E-state index in [9.17, 15) is 10.1 Å². The standard InChI is InChI=1S/C15H9N5O4/c16-5-9(6-17)11(7-18)19-10-3-13-14(24-8-23-13)4-12(10)20-1-2-22-15(20)21/h3-4,19H,1-2,8H2. The third kappa shape index (κ3) is 2.49. The quantitative estimate of drug-likeness (QED) is 0.830. The van der Waals surface area contributed by atoms with Gasteiger partial charge in [0.05, 0.1) is 17.9 Å². The lowest BCUT2D eigenvalue weighted by molar-refractivity contribution is 0.174. The highest BCUT2D eigenvalue weighted by Gasteiger charge is 2.29. The van der Waals surface area contributed by atoms with Crippen LogP contribution in [0.15, 0.2) is 23.4 Å². The normalized spacial score (nSPS) is 14.2. The van der Waals surface area contributed by atoms with Gasteiger partial charge in [-0.15, -0.1) is 0 Å². The van der Waals surface area contributed by atoms with Crippen LogP contribution >= 0.6 is 0 Å². The number of carbonyl (C=O) groups excluding carboxylic acids is 1. The topological polar surface area (TPSA) is 131 Å². The van der Waals surface area contributed by atoms with Crippen molar-refractivity contribution in [1.29, 1.82) is 15.8 Å². The van der Waals surface area contributed by atoms with Crippen LogP contribution < -0.4 is 19.7 Å². The second-order valence-electron chi connectivity index (χ2n) is 4.70. The number of nitrogens with zero attached hydrogens (tertiary/aromatic N) is 4. The summed E-state index contributed by atoms with van der Waals surface area (Å²) in [7, 11) is 0. The van der Waals surface area contributed by atoms with Crippen LogP contribution in [0, 0.1) is 34.0 Å². The monoisotopic (exact) mass is 323 g/mol. The van der Waals surface area contributed by atoms with Gasteiger partial charge in [-0.25, -0.2) is 4.79 Å². The molecule has 1 aromatic carbocycles. The molecule has 0 unspecified atom stereocenters. The van der Waals surface area contributed by atoms with E-state index in [1.807, 2.05) is 0 Å². The van der Waals surface area contributed by atoms with E-state index in [4.69, 9.17) is 24.7 Å². The van der Waals surface area contributed by atoms with E-state index in [1.165, 1.54) is 11.0 Å². The van der Waals surface area contributed by atoms with Gasteiger partial charge in [0.1, 0.15) is 30.5 Å². The minimum absolute atomic E-state index is 0.0330. The molecule has 1 saturated heterocycles. The van der Waals surface area contributed by atoms with E-state index in [1.54, 1.807) is 24.3 Å². The molecule has 9 heteroatoms. The summed E-state index contributed by atoms with van der Waals surface area (Å²) in [5, 5.41) is 29.8. The first-order chi connectivity index (χ1) is 11.7. The molecule has 0 aromatic heterocycles. The maximum atomic E-state index is 11.9. The fourth-order valence-electron chi connectivity index (χ4n) is 2.28. The third-order valence-corrected chi connectivity index (χ3v) is 3.39. The molecule has 24 heavy (non-hydrogen) atoms. The van der Waals surface area contributed by atoms with Gasteiger partial charge in [-0.3, -0.25) is 4.90 Å². The van der Waals surface area contributed by atoms with Crippen molar-refractivity contribution in [3.05, 3.63) is 23.4 Å². The Morgan fingerprint density at radius 1 is 1.08 bits per heavy atom. The molecule has 2 heterocycles. The van der Waals surface area contributed by atoms with Crippen LogP contribution in [0.3, 0.4) is 0 Å². The Morgan fingerprint density at radius 2 is 1.79 bits per heavy atom. The van der Waals surface area contributed by atoms with Crippen molar-refractivity contribution < 1.29 is 19.0 Å². The van der Waals surface area contributed by atoms with Gasteiger partial charge in [-0.2, -0.15) is 15.8 Å². The summed E-state index contributed by atoms with van der Waals surface area (Å²) < 4.78 is 15.5. The first-order valence-electron chi connectivity index (χ1n) is 6.77. The molecule has 0 aliphatic carbocycles. The van der Waals surface area contributed by atoms with Crippen LogP contribution in [0.25, 0.3) is 0 Å². The lowest BCUT2D eigenvalue weighted by atomic mass is 10.2. The summed E-state index contributed by atoms with van der Waals surface area (Å²) in [6.07, 6.45) is -0.541. The van der Waals surface area contributed by atoms with Crippen LogP contribution in [0.5, 0.6) is 11.5 Å². The number of rotatable bonds is 3. The van der Waals surface area contributed by atoms with Gasteiger partial charge in [0.2, 0.25) is 6.79 Å². The van der Waals surface area contributed by atoms with E-state index >= 15 is 0 Å². The Hall–Kier alpha value is -3.90. The number of nitrogens with one attached hydrogen (secondary N) is 1. The van der Waals surface area contributed by atoms with Gasteiger partial charge in [-0.05, 0) is 0 Å². The molecule has 118 valence electrons. The molecule has 9 nitrogen and oxygen atoms in total. The van der Waals surface area contributed by atoms with E-state index in [-0.39, 0.29) is 24.7 Å². The zero-order valence-electron chi connectivity index (χ0n) is 12.2. The number of benzene rings is 1. The number of cyclic esters (lactones) is 1. The highest BCUT2D eigenvalue weighted by Crippen LogP contribution is 2.42. The van der Waals surface area contributed by atoms with Crippen LogP contribution in [0.4, 0.5) is 16.2 Å². The zero-order valence-corrected chi connectivity index (χ0v) is 12.2. The molecule has 1 N–H and O–H groups in total. The van der Waals surface area contributed by atoms with Gasteiger partial charge in [0.25, 0.3) is 0 Å². The molecule has 2 aliphatic rings. The summed E-state index contributed by atoms with van der Waals surface area (Å²) in [6, 6.07) is 8.17. The summed E-state index contributed by atoms with van der Waals surface area (Å²) in [6.45, 7) is 0.586. The van der Waals surface area contributed by atoms with Crippen LogP contribution in [-0.4, -0.2) is 26.0 Å². The number of nitriles is 3. The molecule has 0 atom stereocenters. The van der Waals surface area contributed by atoms with Crippen LogP contribution in [-0.2, 0) is 4.74 Å². The Bertz CT molecular complexity index is 856. The maximum Gasteiger partial charge on any atom is 0.414 e. The molecule has 0 saturated carbocycles. The predicted molar refractivity (Wildman–Crippen MR) is 78.7 cm³/mol. The molecule has 2 aliphatic heterocycles. The molecule has 1 aromatic rings. The fourth-order valence-corrected chi connectivity index (χ4v) is 2.28. The molecular formula is C15H9N5O4. The number of amides is 1. The van der Waals surface area contributed by atoms with Crippen molar-refractivity contribution in [2.24, 2.45) is 0 Å². The SMILES string of the molecule is N#CC(C#N)=C(C#N)Nc1cc2c(cc1N1CCOC1=O)OCO2. The van der Waals surface area contributed by atoms with Gasteiger partial charge in [0.15, 0.2) is 17.1 Å². The number of carbonyl (C=O) groups is 1. The van der Waals surface area contributed by atoms with Crippen molar-refractivity contribution in [2.45, 2.75) is 0 Å². The van der Waals surface area contributed by atoms with E-state index < -0.39 is 6.09 Å². The number of hydrogen-bond acceptors (Lipinski definition) is 8. The molecular weight excluding hydrogens is 314 g/mol. The van der Waals surface area contributed by atoms with Gasteiger partial charge < -0.3 is 19.5 Å². The molecule has 0 bridgehead atoms. The third-order valence-electron chi connectivity index (χ3n) is 3.39. The molecule has 1 amide bonds. The summed E-state index contributed by atoms with van der Waals surface area (Å²) in [4.78, 5) is 13.2. The van der Waals surface area contributed by atoms with Crippen molar-refractivity contribution in [3.8, 4) is 29.7 Å². The summed E-state index contributed by atoms with van der Waals surface area (Å²) in [5.41, 5.74) is 0.111. The lowest BCUT2D eigenvalue weighted by Gasteiger charge is -2.18. The Labute approximate surface area is 136 Å². The first-order valence-corrected chi connectivity index (χ1v) is 6.77. The predicted octanol–water partition coefficient (Wildman–Crippen LogP) is 1.61. The summed E-state index contributed by atoms with van der Waals surface area (Å²) in [5.74, 6) is 0.861. The minimum Gasteiger partial charge on any atom is -0.454 e. The average molecular weight is 323 g/mol. The highest BCUT2D eigenvalue weighted by atomic mass is 16.7. The molecule has 1 fully saturated rings. The highest BCUT2D eigenvalue weighted by molar-refractivity contribution is 5.95. The van der Waals surface area contributed by atoms with E-state index in [2.05, 4.69) is 5.32 Å². The zero-order chi connectivity index (χ0) is 17.1. The number of ether oxygens (including phenoxy) is 3. The minimum atomic E-state index is -0.541. The number of allylic oxidation sites excluding steroid dienone is 2. The van der Waals surface area contributed by atoms with E-state index in [0.717, 1.165) is 0 Å². The summed E-state index contributed by atoms with van der Waals surface area (Å²) >= 11 is 0. The first kappa shape index (κ1) is 15.0. The molecule has 0 spiro atoms. The smallest absolute Gasteiger partial charge is 0.414 e. The number of fused-ring (bicyclic) bond motifs is 1. The number of hydrogen-bond donors (Lipinski definition) is 1. The van der Waals surface area contributed by atoms with Crippen LogP contribution in [0.1, 0.15) is 0 Å². The average Bonchev–Trinajstić information content (AvgIpc) is 3.22. The molecule has 0 radical (unpaired) electrons. The maximum absolute atomic E-state index is 11.9.